The van der Waals surface area contributed by atoms with Gasteiger partial charge in [0.15, 0.2) is 0 Å². The van der Waals surface area contributed by atoms with Crippen molar-refractivity contribution in [2.45, 2.75) is 52.0 Å². The van der Waals surface area contributed by atoms with E-state index in [1.54, 1.807) is 0 Å². The molecule has 0 N–H and O–H groups in total. The summed E-state index contributed by atoms with van der Waals surface area (Å²) in [6.45, 7) is 4.21. The summed E-state index contributed by atoms with van der Waals surface area (Å²) in [6.07, 6.45) is 11.4. The Kier molecular flexibility index (Phi) is 3.55. The van der Waals surface area contributed by atoms with E-state index in [-0.39, 0.29) is 17.7 Å². The topological polar surface area (TPSA) is 47.8 Å². The molecule has 0 spiro atoms. The van der Waals surface area contributed by atoms with Gasteiger partial charge in [-0.3, -0.25) is 4.79 Å². The highest BCUT2D eigenvalue weighted by Crippen LogP contribution is 2.32. The van der Waals surface area contributed by atoms with Crippen molar-refractivity contribution in [3.63, 3.8) is 0 Å². The first-order chi connectivity index (χ1) is 9.70. The average Bonchev–Trinajstić information content (AvgIpc) is 3.25. The molecule has 20 heavy (non-hydrogen) atoms. The van der Waals surface area contributed by atoms with Gasteiger partial charge in [-0.25, -0.2) is 9.67 Å². The van der Waals surface area contributed by atoms with Gasteiger partial charge in [0.25, 0.3) is 0 Å². The molecule has 2 aliphatic rings. The van der Waals surface area contributed by atoms with Gasteiger partial charge < -0.3 is 0 Å². The molecule has 0 aliphatic heterocycles. The first kappa shape index (κ1) is 13.3. The zero-order valence-corrected chi connectivity index (χ0v) is 12.2. The van der Waals surface area contributed by atoms with Crippen molar-refractivity contribution in [1.82, 2.24) is 14.8 Å². The molecule has 3 rings (SSSR count). The van der Waals surface area contributed by atoms with E-state index in [0.29, 0.717) is 5.82 Å². The van der Waals surface area contributed by atoms with E-state index in [9.17, 15) is 4.79 Å². The third kappa shape index (κ3) is 2.47. The van der Waals surface area contributed by atoms with E-state index < -0.39 is 0 Å². The lowest BCUT2D eigenvalue weighted by Crippen LogP contribution is -2.14. The summed E-state index contributed by atoms with van der Waals surface area (Å²) in [7, 11) is 0. The molecule has 1 atom stereocenters. The Hall–Kier alpha value is -1.71. The smallest absolute Gasteiger partial charge is 0.217 e. The van der Waals surface area contributed by atoms with Crippen LogP contribution < -0.4 is 0 Å². The summed E-state index contributed by atoms with van der Waals surface area (Å²) in [6, 6.07) is 0.183. The first-order valence-electron chi connectivity index (χ1n) is 7.56. The summed E-state index contributed by atoms with van der Waals surface area (Å²) in [4.78, 5) is 16.6. The van der Waals surface area contributed by atoms with Gasteiger partial charge in [-0.05, 0) is 38.2 Å². The molecule has 1 saturated carbocycles. The monoisotopic (exact) mass is 271 g/mol. The third-order valence-corrected chi connectivity index (χ3v) is 4.14. The summed E-state index contributed by atoms with van der Waals surface area (Å²) >= 11 is 0. The Morgan fingerprint density at radius 1 is 1.50 bits per heavy atom. The molecule has 1 aromatic heterocycles. The fraction of sp³-hybridized carbons (Fsp3) is 0.562. The van der Waals surface area contributed by atoms with Crippen molar-refractivity contribution in [2.75, 3.05) is 0 Å². The number of carbonyl (C=O) groups is 1. The standard InChI is InChI=1S/C16H21N3O/c1-3-14-17-16(15(20)13-9-10-13)18-19(14)11(2)12-7-5-4-6-8-12/h4-5,7,11,13H,3,6,8-10H2,1-2H3. The Morgan fingerprint density at radius 3 is 2.90 bits per heavy atom. The molecule has 0 aromatic carbocycles. The Balaban J connectivity index is 1.89. The number of allylic oxidation sites excluding steroid dienone is 4. The maximum absolute atomic E-state index is 12.1. The van der Waals surface area contributed by atoms with Crippen LogP contribution in [0.2, 0.25) is 0 Å². The number of carbonyl (C=O) groups excluding carboxylic acids is 1. The second kappa shape index (κ2) is 5.35. The second-order valence-corrected chi connectivity index (χ2v) is 5.67. The largest absolute Gasteiger partial charge is 0.290 e. The normalized spacial score (nSPS) is 19.8. The highest BCUT2D eigenvalue weighted by atomic mass is 16.1. The van der Waals surface area contributed by atoms with Gasteiger partial charge in [-0.1, -0.05) is 25.2 Å². The van der Waals surface area contributed by atoms with Gasteiger partial charge in [0.2, 0.25) is 11.6 Å². The van der Waals surface area contributed by atoms with E-state index >= 15 is 0 Å². The molecule has 0 saturated heterocycles. The number of aryl methyl sites for hydroxylation is 1. The molecule has 0 amide bonds. The molecular weight excluding hydrogens is 250 g/mol. The van der Waals surface area contributed by atoms with E-state index in [1.165, 1.54) is 5.57 Å². The lowest BCUT2D eigenvalue weighted by atomic mass is 9.99. The number of nitrogens with zero attached hydrogens (tertiary/aromatic N) is 3. The molecule has 0 bridgehead atoms. The van der Waals surface area contributed by atoms with Crippen LogP contribution in [0.5, 0.6) is 0 Å². The van der Waals surface area contributed by atoms with E-state index in [0.717, 1.165) is 37.9 Å². The number of hydrogen-bond donors (Lipinski definition) is 0. The molecule has 106 valence electrons. The minimum absolute atomic E-state index is 0.128. The Bertz CT molecular complexity index is 579. The highest BCUT2D eigenvalue weighted by Gasteiger charge is 2.33. The van der Waals surface area contributed by atoms with Crippen LogP contribution in [-0.2, 0) is 6.42 Å². The lowest BCUT2D eigenvalue weighted by Gasteiger charge is -2.19. The number of aromatic nitrogens is 3. The van der Waals surface area contributed by atoms with Gasteiger partial charge in [-0.2, -0.15) is 0 Å². The SMILES string of the molecule is CCc1nc(C(=O)C2CC2)nn1C(C)C1=CC=CCC1. The minimum Gasteiger partial charge on any atom is -0.290 e. The first-order valence-corrected chi connectivity index (χ1v) is 7.56. The number of ketones is 1. The molecule has 0 radical (unpaired) electrons. The van der Waals surface area contributed by atoms with Crippen LogP contribution >= 0.6 is 0 Å². The van der Waals surface area contributed by atoms with Crippen molar-refractivity contribution in [3.8, 4) is 0 Å². The van der Waals surface area contributed by atoms with Crippen LogP contribution in [0.1, 0.15) is 62.0 Å². The van der Waals surface area contributed by atoms with Gasteiger partial charge in [-0.15, -0.1) is 5.10 Å². The number of Topliss-reactive ketones (excluding diaryl/α,β-unsaturated/α-hetero) is 1. The summed E-state index contributed by atoms with van der Waals surface area (Å²) < 4.78 is 1.95. The van der Waals surface area contributed by atoms with Crippen LogP contribution in [0.25, 0.3) is 0 Å². The van der Waals surface area contributed by atoms with Crippen molar-refractivity contribution in [2.24, 2.45) is 5.92 Å². The maximum Gasteiger partial charge on any atom is 0.217 e. The predicted octanol–water partition coefficient (Wildman–Crippen LogP) is 3.27. The van der Waals surface area contributed by atoms with Gasteiger partial charge in [0.1, 0.15) is 5.82 Å². The fourth-order valence-electron chi connectivity index (χ4n) is 2.67. The zero-order valence-electron chi connectivity index (χ0n) is 12.2. The molecule has 2 aliphatic carbocycles. The molecule has 1 aromatic rings. The summed E-state index contributed by atoms with van der Waals surface area (Å²) in [5.74, 6) is 1.64. The van der Waals surface area contributed by atoms with E-state index in [1.807, 2.05) is 4.68 Å². The summed E-state index contributed by atoms with van der Waals surface area (Å²) in [5.41, 5.74) is 1.36. The Morgan fingerprint density at radius 2 is 2.30 bits per heavy atom. The fourth-order valence-corrected chi connectivity index (χ4v) is 2.67. The zero-order chi connectivity index (χ0) is 14.1. The number of rotatable bonds is 5. The van der Waals surface area contributed by atoms with Crippen molar-refractivity contribution < 1.29 is 4.79 Å². The predicted molar refractivity (Wildman–Crippen MR) is 77.6 cm³/mol. The molecule has 1 fully saturated rings. The van der Waals surface area contributed by atoms with Crippen molar-refractivity contribution >= 4 is 5.78 Å². The van der Waals surface area contributed by atoms with Gasteiger partial charge in [0, 0.05) is 12.3 Å². The van der Waals surface area contributed by atoms with Crippen LogP contribution in [0.15, 0.2) is 23.8 Å². The molecule has 4 heteroatoms. The van der Waals surface area contributed by atoms with E-state index in [2.05, 4.69) is 42.2 Å². The van der Waals surface area contributed by atoms with Crippen LogP contribution in [0.4, 0.5) is 0 Å². The quantitative estimate of drug-likeness (QED) is 0.772. The van der Waals surface area contributed by atoms with Crippen molar-refractivity contribution in [1.29, 1.82) is 0 Å². The second-order valence-electron chi connectivity index (χ2n) is 5.67. The lowest BCUT2D eigenvalue weighted by molar-refractivity contribution is 0.0957. The average molecular weight is 271 g/mol. The molecule has 4 nitrogen and oxygen atoms in total. The number of hydrogen-bond acceptors (Lipinski definition) is 3. The third-order valence-electron chi connectivity index (χ3n) is 4.14. The maximum atomic E-state index is 12.1. The van der Waals surface area contributed by atoms with E-state index in [4.69, 9.17) is 0 Å². The Labute approximate surface area is 119 Å². The van der Waals surface area contributed by atoms with Crippen molar-refractivity contribution in [3.05, 3.63) is 35.4 Å². The van der Waals surface area contributed by atoms with Crippen LogP contribution in [0.3, 0.4) is 0 Å². The summed E-state index contributed by atoms with van der Waals surface area (Å²) in [5, 5.41) is 4.51. The minimum atomic E-state index is 0.128. The van der Waals surface area contributed by atoms with Crippen LogP contribution in [0, 0.1) is 5.92 Å². The molecule has 1 heterocycles. The van der Waals surface area contributed by atoms with Gasteiger partial charge in [0.05, 0.1) is 6.04 Å². The molecular formula is C16H21N3O. The molecule has 1 unspecified atom stereocenters. The van der Waals surface area contributed by atoms with Gasteiger partial charge >= 0.3 is 0 Å². The highest BCUT2D eigenvalue weighted by molar-refractivity contribution is 5.95. The van der Waals surface area contributed by atoms with Crippen LogP contribution in [-0.4, -0.2) is 20.5 Å².